The molecule has 0 fully saturated rings. The molecule has 0 bridgehead atoms. The van der Waals surface area contributed by atoms with E-state index in [1.807, 2.05) is 0 Å². The molecular formula is H5CaCuFeMgMnSeZn. The maximum Gasteiger partial charge on any atom is 0 e. The van der Waals surface area contributed by atoms with E-state index in [2.05, 4.69) is 0 Å². The summed E-state index contributed by atoms with van der Waals surface area (Å²) in [6, 6.07) is 0. The van der Waals surface area contributed by atoms with E-state index in [1.54, 1.807) is 0 Å². The van der Waals surface area contributed by atoms with E-state index in [9.17, 15) is 0 Å². The van der Waals surface area contributed by atoms with Crippen molar-refractivity contribution in [2.45, 2.75) is 0 Å². The fraction of sp³-hybridized carbons (Fsp3) is 0. The molecule has 0 rings (SSSR count). The van der Waals surface area contributed by atoms with Crippen LogP contribution in [-0.2, 0) is 70.7 Å². The van der Waals surface area contributed by atoms with E-state index in [0.29, 0.717) is 0 Å². The van der Waals surface area contributed by atoms with Gasteiger partial charge in [-0.15, -0.1) is 0 Å². The molecule has 0 aromatic carbocycles. The number of rotatable bonds is 0. The minimum atomic E-state index is 0. The Balaban J connectivity index is 0. The Hall–Kier alpha value is 4.73. The summed E-state index contributed by atoms with van der Waals surface area (Å²) in [7, 11) is 0. The maximum atomic E-state index is 0. The summed E-state index contributed by atoms with van der Waals surface area (Å²) in [5.74, 6) is 0. The van der Waals surface area contributed by atoms with Crippen LogP contribution in [0.2, 0.25) is 0 Å². The first-order chi connectivity index (χ1) is 0. The van der Waals surface area contributed by atoms with Gasteiger partial charge in [-0.25, -0.2) is 0 Å². The molecule has 43 valence electrons. The van der Waals surface area contributed by atoms with Crippen LogP contribution in [0.3, 0.4) is 0 Å². The van der Waals surface area contributed by atoms with E-state index in [0.717, 1.165) is 0 Å². The molecule has 0 spiro atoms. The van der Waals surface area contributed by atoms with Crippen molar-refractivity contribution in [3.05, 3.63) is 0 Å². The monoisotopic (exact) mass is 387 g/mol. The number of hydrogen-bond acceptors (Lipinski definition) is 0. The molecule has 0 saturated carbocycles. The van der Waals surface area contributed by atoms with Gasteiger partial charge in [-0.2, -0.15) is 0 Å². The number of hydrogen-bond donors (Lipinski definition) is 0. The summed E-state index contributed by atoms with van der Waals surface area (Å²) < 4.78 is 0. The van der Waals surface area contributed by atoms with Crippen molar-refractivity contribution in [3.63, 3.8) is 0 Å². The minimum Gasteiger partial charge on any atom is 0 e. The molecule has 0 aliphatic carbocycles. The standard InChI is InChI=1S/Ca.Cu.Fe.Mg.Mn.HSe.Zn.4H/h;;;;;1H;;;;;/q+2;;;+2;;;;4*-1. The third-order valence-electron chi connectivity index (χ3n) is 0. The van der Waals surface area contributed by atoms with E-state index in [1.165, 1.54) is 0 Å². The molecule has 7 heteroatoms. The van der Waals surface area contributed by atoms with Gasteiger partial charge in [-0.3, -0.25) is 0 Å². The molecule has 0 heterocycles. The van der Waals surface area contributed by atoms with Crippen molar-refractivity contribution < 1.29 is 76.4 Å². The van der Waals surface area contributed by atoms with Gasteiger partial charge < -0.3 is 5.71 Å². The normalized spacial score (nSPS) is 0. The SMILES string of the molecule is [Ca+2].[Cu].[Fe].[H-].[H-].[H-].[H-].[Mg+2].[Mn].[SeH].[Zn]. The third-order valence-corrected chi connectivity index (χ3v) is 0. The van der Waals surface area contributed by atoms with Crippen molar-refractivity contribution in [2.75, 3.05) is 0 Å². The average molecular weight is 388 g/mol. The molecule has 0 atom stereocenters. The van der Waals surface area contributed by atoms with Crippen molar-refractivity contribution >= 4 is 77.9 Å². The molecule has 0 N–H and O–H groups in total. The Morgan fingerprint density at radius 1 is 1.14 bits per heavy atom. The Morgan fingerprint density at radius 2 is 1.14 bits per heavy atom. The zero-order valence-corrected chi connectivity index (χ0v) is 15.3. The fourth-order valence-electron chi connectivity index (χ4n) is 0. The van der Waals surface area contributed by atoms with Crippen molar-refractivity contribution in [1.82, 2.24) is 0 Å². The van der Waals surface area contributed by atoms with E-state index < -0.39 is 0 Å². The van der Waals surface area contributed by atoms with Crippen molar-refractivity contribution in [2.24, 2.45) is 0 Å². The molecule has 0 amide bonds. The average Bonchev–Trinajstić information content (AvgIpc) is 0. The van der Waals surface area contributed by atoms with E-state index in [4.69, 9.17) is 0 Å². The molecular weight excluding hydrogens is 383 g/mol. The van der Waals surface area contributed by atoms with Crippen LogP contribution >= 0.6 is 0 Å². The predicted octanol–water partition coefficient (Wildman–Crippen LogP) is -0.970. The van der Waals surface area contributed by atoms with Gasteiger partial charge >= 0.3 is 77.9 Å². The molecule has 0 saturated heterocycles. The van der Waals surface area contributed by atoms with Gasteiger partial charge in [0, 0.05) is 70.7 Å². The molecule has 3 radical (unpaired) electrons. The Labute approximate surface area is 151 Å². The first kappa shape index (κ1) is 60.4. The second-order valence-electron chi connectivity index (χ2n) is 0. The summed E-state index contributed by atoms with van der Waals surface area (Å²) in [5.41, 5.74) is 0. The quantitative estimate of drug-likeness (QED) is 0.469. The van der Waals surface area contributed by atoms with Crippen LogP contribution in [0.5, 0.6) is 0 Å². The first-order valence-electron chi connectivity index (χ1n) is 0. The van der Waals surface area contributed by atoms with Crippen LogP contribution in [0.15, 0.2) is 0 Å². The van der Waals surface area contributed by atoms with Crippen LogP contribution in [0.25, 0.3) is 0 Å². The molecule has 0 aliphatic rings. The zero-order valence-electron chi connectivity index (χ0n) is 7.60. The molecule has 7 heavy (non-hydrogen) atoms. The summed E-state index contributed by atoms with van der Waals surface area (Å²) in [4.78, 5) is 0. The van der Waals surface area contributed by atoms with Gasteiger partial charge in [0.1, 0.15) is 0 Å². The molecule has 0 nitrogen and oxygen atoms in total. The van der Waals surface area contributed by atoms with Crippen LogP contribution < -0.4 is 0 Å². The van der Waals surface area contributed by atoms with Gasteiger partial charge in [-0.1, -0.05) is 0 Å². The topological polar surface area (TPSA) is 0 Å². The third kappa shape index (κ3) is 36.6. The Morgan fingerprint density at radius 3 is 1.14 bits per heavy atom. The van der Waals surface area contributed by atoms with Gasteiger partial charge in [0.05, 0.1) is 0 Å². The predicted molar refractivity (Wildman–Crippen MR) is 23.1 cm³/mol. The summed E-state index contributed by atoms with van der Waals surface area (Å²) in [6.07, 6.45) is 0. The van der Waals surface area contributed by atoms with Gasteiger partial charge in [0.25, 0.3) is 0 Å². The van der Waals surface area contributed by atoms with Crippen molar-refractivity contribution in [1.29, 1.82) is 0 Å². The molecule has 0 aliphatic heterocycles. The maximum absolute atomic E-state index is 0. The molecule has 0 aromatic heterocycles. The van der Waals surface area contributed by atoms with Crippen LogP contribution in [0, 0.1) is 0 Å². The van der Waals surface area contributed by atoms with Crippen molar-refractivity contribution in [3.8, 4) is 0 Å². The van der Waals surface area contributed by atoms with Crippen LogP contribution in [0.4, 0.5) is 0 Å². The largest absolute Gasteiger partial charge is 0 e. The Kier molecular flexibility index (Phi) is 392. The van der Waals surface area contributed by atoms with Crippen LogP contribution in [0.1, 0.15) is 5.71 Å². The van der Waals surface area contributed by atoms with Gasteiger partial charge in [0.15, 0.2) is 0 Å². The zero-order chi connectivity index (χ0) is 0. The summed E-state index contributed by atoms with van der Waals surface area (Å²) in [5, 5.41) is 0. The fourth-order valence-corrected chi connectivity index (χ4v) is 0. The second kappa shape index (κ2) is 45.4. The Bertz CT molecular complexity index is 30.1. The molecule has 0 unspecified atom stereocenters. The molecule has 0 aromatic rings. The van der Waals surface area contributed by atoms with E-state index in [-0.39, 0.29) is 154 Å². The van der Waals surface area contributed by atoms with Crippen LogP contribution in [-0.4, -0.2) is 77.9 Å². The second-order valence-corrected chi connectivity index (χ2v) is 0. The summed E-state index contributed by atoms with van der Waals surface area (Å²) >= 11 is 0. The van der Waals surface area contributed by atoms with Gasteiger partial charge in [0.2, 0.25) is 0 Å². The van der Waals surface area contributed by atoms with Gasteiger partial charge in [-0.05, 0) is 0 Å². The first-order valence-corrected chi connectivity index (χ1v) is 0. The summed E-state index contributed by atoms with van der Waals surface area (Å²) in [6.45, 7) is 0. The van der Waals surface area contributed by atoms with E-state index >= 15 is 0 Å². The smallest absolute Gasteiger partial charge is 0 e. The minimum absolute atomic E-state index is 0.